The lowest BCUT2D eigenvalue weighted by Gasteiger charge is -2.40. The molecule has 1 saturated carbocycles. The molecule has 1 aliphatic carbocycles. The van der Waals surface area contributed by atoms with Crippen LogP contribution in [0.5, 0.6) is 0 Å². The third kappa shape index (κ3) is 6.03. The van der Waals surface area contributed by atoms with Crippen LogP contribution in [0.1, 0.15) is 65.0 Å². The fourth-order valence-corrected chi connectivity index (χ4v) is 5.54. The highest BCUT2D eigenvalue weighted by molar-refractivity contribution is 6.43. The van der Waals surface area contributed by atoms with E-state index in [9.17, 15) is 9.59 Å². The average Bonchev–Trinajstić information content (AvgIpc) is 3.27. The van der Waals surface area contributed by atoms with Crippen LogP contribution in [0, 0.1) is 5.41 Å². The second kappa shape index (κ2) is 10.8. The number of halogens is 2. The van der Waals surface area contributed by atoms with Crippen LogP contribution in [0.2, 0.25) is 10.0 Å². The van der Waals surface area contributed by atoms with Crippen molar-refractivity contribution in [3.05, 3.63) is 33.9 Å². The van der Waals surface area contributed by atoms with Gasteiger partial charge in [0.1, 0.15) is 17.0 Å². The third-order valence-electron chi connectivity index (χ3n) is 6.91. The number of ether oxygens (including phenoxy) is 1. The van der Waals surface area contributed by atoms with Crippen molar-refractivity contribution in [3.8, 4) is 11.3 Å². The quantitative estimate of drug-likeness (QED) is 0.428. The number of hydrogen-bond acceptors (Lipinski definition) is 6. The van der Waals surface area contributed by atoms with Crippen molar-refractivity contribution in [2.75, 3.05) is 23.3 Å². The van der Waals surface area contributed by atoms with Gasteiger partial charge in [-0.1, -0.05) is 48.2 Å². The number of nitrogens with zero attached hydrogens (tertiary/aromatic N) is 3. The summed E-state index contributed by atoms with van der Waals surface area (Å²) in [5.41, 5.74) is 1.20. The molecule has 2 aromatic rings. The molecule has 0 bridgehead atoms. The maximum absolute atomic E-state index is 12.7. The fraction of sp³-hybridized carbons (Fsp3) is 0.538. The summed E-state index contributed by atoms with van der Waals surface area (Å²) in [7, 11) is 0. The molecule has 1 spiro atoms. The topological polar surface area (TPSA) is 96.5 Å². The number of aromatic nitrogens is 2. The van der Waals surface area contributed by atoms with Crippen molar-refractivity contribution in [2.24, 2.45) is 5.41 Å². The molecule has 2 N–H and O–H groups in total. The van der Waals surface area contributed by atoms with Gasteiger partial charge in [0.2, 0.25) is 6.41 Å². The van der Waals surface area contributed by atoms with Gasteiger partial charge >= 0.3 is 6.09 Å². The summed E-state index contributed by atoms with van der Waals surface area (Å²) < 4.78 is 5.48. The predicted octanol–water partition coefficient (Wildman–Crippen LogP) is 6.20. The maximum Gasteiger partial charge on any atom is 0.413 e. The Labute approximate surface area is 222 Å². The summed E-state index contributed by atoms with van der Waals surface area (Å²) in [6, 6.07) is 5.20. The molecule has 194 valence electrons. The van der Waals surface area contributed by atoms with Crippen molar-refractivity contribution >= 4 is 47.3 Å². The van der Waals surface area contributed by atoms with Crippen LogP contribution >= 0.6 is 23.2 Å². The lowest BCUT2D eigenvalue weighted by Crippen LogP contribution is -2.40. The standard InChI is InChI=1S/C26H33Cl2N5O3/c1-25(2,3)36-24(35)32-22-21(17-7-6-8-18(27)20(17)28)30-19(15-29-16-34)23(31-22)33-13-11-26(12-14-33)9-4-5-10-26/h6-8,16H,4-5,9-15H2,1-3H3,(H,29,34)(H,31,32,35). The number of benzene rings is 1. The Bertz CT molecular complexity index is 1120. The number of carbonyl (C=O) groups is 2. The van der Waals surface area contributed by atoms with E-state index in [4.69, 9.17) is 37.9 Å². The molecule has 1 saturated heterocycles. The number of amides is 2. The SMILES string of the molecule is CC(C)(C)OC(=O)Nc1nc(N2CCC3(CCCC3)CC2)c(CNC=O)nc1-c1cccc(Cl)c1Cl. The zero-order chi connectivity index (χ0) is 25.9. The van der Waals surface area contributed by atoms with Crippen LogP contribution in [0.4, 0.5) is 16.4 Å². The molecule has 1 aromatic carbocycles. The summed E-state index contributed by atoms with van der Waals surface area (Å²) in [6.45, 7) is 7.24. The normalized spacial score (nSPS) is 17.2. The van der Waals surface area contributed by atoms with Crippen molar-refractivity contribution < 1.29 is 14.3 Å². The molecule has 10 heteroatoms. The molecular formula is C26H33Cl2N5O3. The van der Waals surface area contributed by atoms with Crippen molar-refractivity contribution in [3.63, 3.8) is 0 Å². The Morgan fingerprint density at radius 2 is 1.83 bits per heavy atom. The van der Waals surface area contributed by atoms with E-state index in [0.717, 1.165) is 25.9 Å². The highest BCUT2D eigenvalue weighted by Crippen LogP contribution is 2.47. The van der Waals surface area contributed by atoms with Crippen LogP contribution < -0.4 is 15.5 Å². The minimum absolute atomic E-state index is 0.186. The van der Waals surface area contributed by atoms with Gasteiger partial charge in [-0.25, -0.2) is 14.8 Å². The predicted molar refractivity (Wildman–Crippen MR) is 143 cm³/mol. The average molecular weight is 534 g/mol. The highest BCUT2D eigenvalue weighted by atomic mass is 35.5. The monoisotopic (exact) mass is 533 g/mol. The smallest absolute Gasteiger partial charge is 0.413 e. The van der Waals surface area contributed by atoms with Crippen molar-refractivity contribution in [1.82, 2.24) is 15.3 Å². The molecule has 4 rings (SSSR count). The van der Waals surface area contributed by atoms with E-state index in [-0.39, 0.29) is 12.4 Å². The van der Waals surface area contributed by atoms with Crippen LogP contribution in [0.25, 0.3) is 11.3 Å². The number of carbonyl (C=O) groups excluding carboxylic acids is 2. The van der Waals surface area contributed by atoms with E-state index in [0.29, 0.717) is 44.6 Å². The first-order valence-corrected chi connectivity index (χ1v) is 13.1. The first-order chi connectivity index (χ1) is 17.1. The summed E-state index contributed by atoms with van der Waals surface area (Å²) in [4.78, 5) is 35.8. The van der Waals surface area contributed by atoms with E-state index >= 15 is 0 Å². The Morgan fingerprint density at radius 1 is 1.14 bits per heavy atom. The zero-order valence-corrected chi connectivity index (χ0v) is 22.5. The minimum Gasteiger partial charge on any atom is -0.444 e. The molecule has 0 unspecified atom stereocenters. The van der Waals surface area contributed by atoms with Crippen molar-refractivity contribution in [1.29, 1.82) is 0 Å². The molecule has 36 heavy (non-hydrogen) atoms. The number of rotatable bonds is 6. The second-order valence-electron chi connectivity index (χ2n) is 10.6. The Morgan fingerprint density at radius 3 is 2.47 bits per heavy atom. The highest BCUT2D eigenvalue weighted by Gasteiger charge is 2.38. The fourth-order valence-electron chi connectivity index (χ4n) is 5.15. The lowest BCUT2D eigenvalue weighted by atomic mass is 9.77. The Kier molecular flexibility index (Phi) is 7.95. The molecule has 0 radical (unpaired) electrons. The molecular weight excluding hydrogens is 501 g/mol. The van der Waals surface area contributed by atoms with E-state index in [2.05, 4.69) is 15.5 Å². The van der Waals surface area contributed by atoms with Gasteiger partial charge in [-0.05, 0) is 57.9 Å². The first-order valence-electron chi connectivity index (χ1n) is 12.4. The number of piperidine rings is 1. The van der Waals surface area contributed by atoms with E-state index in [1.54, 1.807) is 39.0 Å². The van der Waals surface area contributed by atoms with Gasteiger partial charge in [0.05, 0.1) is 16.6 Å². The van der Waals surface area contributed by atoms with Gasteiger partial charge in [0.15, 0.2) is 11.6 Å². The Balaban J connectivity index is 1.76. The summed E-state index contributed by atoms with van der Waals surface area (Å²) in [5.74, 6) is 0.851. The largest absolute Gasteiger partial charge is 0.444 e. The number of hydrogen-bond donors (Lipinski definition) is 2. The van der Waals surface area contributed by atoms with Crippen LogP contribution in [0.3, 0.4) is 0 Å². The molecule has 2 fully saturated rings. The summed E-state index contributed by atoms with van der Waals surface area (Å²) in [6.07, 6.45) is 7.32. The molecule has 2 heterocycles. The number of nitrogens with one attached hydrogen (secondary N) is 2. The van der Waals surface area contributed by atoms with E-state index in [1.165, 1.54) is 25.7 Å². The first kappa shape index (κ1) is 26.5. The molecule has 2 amide bonds. The molecule has 1 aliphatic heterocycles. The minimum atomic E-state index is -0.690. The van der Waals surface area contributed by atoms with Gasteiger partial charge in [-0.3, -0.25) is 10.1 Å². The Hall–Kier alpha value is -2.58. The van der Waals surface area contributed by atoms with Gasteiger partial charge in [-0.2, -0.15) is 0 Å². The number of anilines is 2. The third-order valence-corrected chi connectivity index (χ3v) is 7.73. The van der Waals surface area contributed by atoms with E-state index < -0.39 is 11.7 Å². The second-order valence-corrected chi connectivity index (χ2v) is 11.4. The van der Waals surface area contributed by atoms with Crippen molar-refractivity contribution in [2.45, 2.75) is 71.4 Å². The molecule has 8 nitrogen and oxygen atoms in total. The molecule has 1 aromatic heterocycles. The van der Waals surface area contributed by atoms with Gasteiger partial charge < -0.3 is 15.0 Å². The summed E-state index contributed by atoms with van der Waals surface area (Å²) in [5, 5.41) is 6.13. The zero-order valence-electron chi connectivity index (χ0n) is 21.0. The molecule has 0 atom stereocenters. The van der Waals surface area contributed by atoms with Crippen LogP contribution in [-0.4, -0.2) is 41.2 Å². The van der Waals surface area contributed by atoms with Crippen LogP contribution in [0.15, 0.2) is 18.2 Å². The van der Waals surface area contributed by atoms with Gasteiger partial charge in [0, 0.05) is 18.7 Å². The summed E-state index contributed by atoms with van der Waals surface area (Å²) >= 11 is 12.8. The molecule has 2 aliphatic rings. The van der Waals surface area contributed by atoms with Gasteiger partial charge in [0.25, 0.3) is 0 Å². The van der Waals surface area contributed by atoms with Crippen LogP contribution in [-0.2, 0) is 16.1 Å². The van der Waals surface area contributed by atoms with E-state index in [1.807, 2.05) is 0 Å². The van der Waals surface area contributed by atoms with Gasteiger partial charge in [-0.15, -0.1) is 0 Å². The maximum atomic E-state index is 12.7. The lowest BCUT2D eigenvalue weighted by molar-refractivity contribution is -0.109.